The van der Waals surface area contributed by atoms with Gasteiger partial charge in [0, 0.05) is 15.4 Å². The van der Waals surface area contributed by atoms with Crippen LogP contribution < -0.4 is 5.32 Å². The smallest absolute Gasteiger partial charge is 0.255 e. The second-order valence-corrected chi connectivity index (χ2v) is 5.01. The number of aromatic amines is 1. The monoisotopic (exact) mass is 315 g/mol. The number of anilines is 1. The van der Waals surface area contributed by atoms with Gasteiger partial charge in [0.05, 0.1) is 17.4 Å². The predicted molar refractivity (Wildman–Crippen MR) is 78.2 cm³/mol. The van der Waals surface area contributed by atoms with E-state index in [1.165, 1.54) is 0 Å². The minimum absolute atomic E-state index is 0.138. The molecule has 0 spiro atoms. The van der Waals surface area contributed by atoms with E-state index in [2.05, 4.69) is 31.4 Å². The number of fused-ring (bicyclic) bond motifs is 1. The van der Waals surface area contributed by atoms with E-state index in [9.17, 15) is 4.79 Å². The number of H-pyrrole nitrogens is 1. The van der Waals surface area contributed by atoms with Gasteiger partial charge in [0.15, 0.2) is 0 Å². The number of nitrogens with one attached hydrogen (secondary N) is 2. The van der Waals surface area contributed by atoms with E-state index >= 15 is 0 Å². The second-order valence-electron chi connectivity index (χ2n) is 4.10. The van der Waals surface area contributed by atoms with Gasteiger partial charge in [0.2, 0.25) is 0 Å². The molecule has 3 rings (SSSR count). The van der Waals surface area contributed by atoms with Crippen molar-refractivity contribution in [1.82, 2.24) is 10.2 Å². The Balaban J connectivity index is 1.90. The van der Waals surface area contributed by atoms with Crippen molar-refractivity contribution < 1.29 is 4.79 Å². The Labute approximate surface area is 118 Å². The number of hydrogen-bond acceptors (Lipinski definition) is 2. The number of carbonyl (C=O) groups is 1. The minimum atomic E-state index is -0.138. The van der Waals surface area contributed by atoms with E-state index in [4.69, 9.17) is 0 Å². The van der Waals surface area contributed by atoms with Gasteiger partial charge in [-0.05, 0) is 36.4 Å². The van der Waals surface area contributed by atoms with Crippen molar-refractivity contribution in [3.63, 3.8) is 0 Å². The molecule has 0 saturated carbocycles. The van der Waals surface area contributed by atoms with Gasteiger partial charge < -0.3 is 5.32 Å². The Hall–Kier alpha value is -2.14. The first-order chi connectivity index (χ1) is 9.24. The predicted octanol–water partition coefficient (Wildman–Crippen LogP) is 3.58. The van der Waals surface area contributed by atoms with Gasteiger partial charge in [-0.25, -0.2) is 0 Å². The molecule has 3 aromatic rings. The van der Waals surface area contributed by atoms with Gasteiger partial charge >= 0.3 is 0 Å². The number of halogens is 1. The summed E-state index contributed by atoms with van der Waals surface area (Å²) in [5.41, 5.74) is 2.26. The molecular weight excluding hydrogens is 306 g/mol. The molecule has 0 aliphatic heterocycles. The molecule has 0 aliphatic rings. The van der Waals surface area contributed by atoms with Crippen molar-refractivity contribution in [2.45, 2.75) is 0 Å². The summed E-state index contributed by atoms with van der Waals surface area (Å²) in [7, 11) is 0. The summed E-state index contributed by atoms with van der Waals surface area (Å²) in [5.74, 6) is -0.138. The zero-order valence-electron chi connectivity index (χ0n) is 9.85. The summed E-state index contributed by atoms with van der Waals surface area (Å²) < 4.78 is 0.945. The lowest BCUT2D eigenvalue weighted by Gasteiger charge is -2.06. The van der Waals surface area contributed by atoms with E-state index in [-0.39, 0.29) is 5.91 Å². The first kappa shape index (κ1) is 11.9. The first-order valence-electron chi connectivity index (χ1n) is 5.73. The van der Waals surface area contributed by atoms with Gasteiger partial charge in [0.25, 0.3) is 5.91 Å². The highest BCUT2D eigenvalue weighted by Gasteiger charge is 2.08. The third kappa shape index (κ3) is 2.37. The number of benzene rings is 2. The van der Waals surface area contributed by atoms with Crippen molar-refractivity contribution in [2.75, 3.05) is 5.32 Å². The second kappa shape index (κ2) is 4.85. The maximum absolute atomic E-state index is 12.1. The van der Waals surface area contributed by atoms with Gasteiger partial charge in [-0.1, -0.05) is 22.0 Å². The molecule has 19 heavy (non-hydrogen) atoms. The Kier molecular flexibility index (Phi) is 3.05. The average Bonchev–Trinajstić information content (AvgIpc) is 2.89. The summed E-state index contributed by atoms with van der Waals surface area (Å²) >= 11 is 3.34. The zero-order valence-corrected chi connectivity index (χ0v) is 11.4. The molecule has 5 heteroatoms. The van der Waals surface area contributed by atoms with Gasteiger partial charge in [-0.2, -0.15) is 5.10 Å². The third-order valence-corrected chi connectivity index (χ3v) is 3.37. The summed E-state index contributed by atoms with van der Waals surface area (Å²) in [4.78, 5) is 12.1. The molecular formula is C14H10BrN3O. The number of carbonyl (C=O) groups excluding carboxylic acids is 1. The molecule has 0 bridgehead atoms. The summed E-state index contributed by atoms with van der Waals surface area (Å²) in [6.45, 7) is 0. The lowest BCUT2D eigenvalue weighted by atomic mass is 10.2. The zero-order chi connectivity index (χ0) is 13.2. The highest BCUT2D eigenvalue weighted by molar-refractivity contribution is 9.10. The van der Waals surface area contributed by atoms with E-state index in [1.54, 1.807) is 18.3 Å². The topological polar surface area (TPSA) is 57.8 Å². The standard InChI is InChI=1S/C14H10BrN3O/c15-10-6-4-9(5-7-10)14(19)17-12-2-1-3-13-11(12)8-16-18-13/h1-8H,(H,16,18)(H,17,19). The Morgan fingerprint density at radius 2 is 1.95 bits per heavy atom. The summed E-state index contributed by atoms with van der Waals surface area (Å²) in [6, 6.07) is 12.9. The van der Waals surface area contributed by atoms with E-state index in [0.29, 0.717) is 5.56 Å². The van der Waals surface area contributed by atoms with Crippen molar-refractivity contribution in [3.05, 3.63) is 58.7 Å². The summed E-state index contributed by atoms with van der Waals surface area (Å²) in [5, 5.41) is 10.6. The molecule has 2 N–H and O–H groups in total. The maximum Gasteiger partial charge on any atom is 0.255 e. The number of amides is 1. The molecule has 0 unspecified atom stereocenters. The molecule has 4 nitrogen and oxygen atoms in total. The molecule has 0 fully saturated rings. The molecule has 0 aliphatic carbocycles. The fraction of sp³-hybridized carbons (Fsp3) is 0. The Morgan fingerprint density at radius 3 is 2.74 bits per heavy atom. The largest absolute Gasteiger partial charge is 0.321 e. The van der Waals surface area contributed by atoms with Crippen LogP contribution in [0.1, 0.15) is 10.4 Å². The fourth-order valence-corrected chi connectivity index (χ4v) is 2.14. The van der Waals surface area contributed by atoms with Crippen LogP contribution in [0.5, 0.6) is 0 Å². The normalized spacial score (nSPS) is 10.6. The number of rotatable bonds is 2. The van der Waals surface area contributed by atoms with Crippen LogP contribution in [0.15, 0.2) is 53.1 Å². The molecule has 0 atom stereocenters. The Bertz CT molecular complexity index is 734. The highest BCUT2D eigenvalue weighted by atomic mass is 79.9. The number of aromatic nitrogens is 2. The van der Waals surface area contributed by atoms with Crippen molar-refractivity contribution in [1.29, 1.82) is 0 Å². The van der Waals surface area contributed by atoms with Crippen molar-refractivity contribution >= 4 is 38.4 Å². The molecule has 0 saturated heterocycles. The number of hydrogen-bond donors (Lipinski definition) is 2. The van der Waals surface area contributed by atoms with E-state index < -0.39 is 0 Å². The first-order valence-corrected chi connectivity index (χ1v) is 6.52. The third-order valence-electron chi connectivity index (χ3n) is 2.84. The van der Waals surface area contributed by atoms with Gasteiger partial charge in [-0.15, -0.1) is 0 Å². The quantitative estimate of drug-likeness (QED) is 0.759. The molecule has 2 aromatic carbocycles. The molecule has 94 valence electrons. The van der Waals surface area contributed by atoms with Crippen LogP contribution in [-0.4, -0.2) is 16.1 Å². The van der Waals surface area contributed by atoms with Crippen LogP contribution >= 0.6 is 15.9 Å². The molecule has 1 heterocycles. The van der Waals surface area contributed by atoms with Crippen LogP contribution in [0.4, 0.5) is 5.69 Å². The van der Waals surface area contributed by atoms with Crippen molar-refractivity contribution in [3.8, 4) is 0 Å². The Morgan fingerprint density at radius 1 is 1.16 bits per heavy atom. The molecule has 1 aromatic heterocycles. The lowest BCUT2D eigenvalue weighted by molar-refractivity contribution is 0.102. The molecule has 0 radical (unpaired) electrons. The minimum Gasteiger partial charge on any atom is -0.321 e. The average molecular weight is 316 g/mol. The van der Waals surface area contributed by atoms with Crippen LogP contribution in [0.25, 0.3) is 10.9 Å². The van der Waals surface area contributed by atoms with Crippen LogP contribution in [-0.2, 0) is 0 Å². The number of nitrogens with zero attached hydrogens (tertiary/aromatic N) is 1. The van der Waals surface area contributed by atoms with Gasteiger partial charge in [-0.3, -0.25) is 9.89 Å². The van der Waals surface area contributed by atoms with Gasteiger partial charge in [0.1, 0.15) is 0 Å². The SMILES string of the molecule is O=C(Nc1cccc2[nH]ncc12)c1ccc(Br)cc1. The van der Waals surface area contributed by atoms with Crippen molar-refractivity contribution in [2.24, 2.45) is 0 Å². The van der Waals surface area contributed by atoms with Crippen LogP contribution in [0.3, 0.4) is 0 Å². The summed E-state index contributed by atoms with van der Waals surface area (Å²) in [6.07, 6.45) is 1.70. The van der Waals surface area contributed by atoms with E-state index in [1.807, 2.05) is 30.3 Å². The van der Waals surface area contributed by atoms with Crippen LogP contribution in [0.2, 0.25) is 0 Å². The van der Waals surface area contributed by atoms with Crippen LogP contribution in [0, 0.1) is 0 Å². The lowest BCUT2D eigenvalue weighted by Crippen LogP contribution is -2.11. The fourth-order valence-electron chi connectivity index (χ4n) is 1.87. The molecule has 1 amide bonds. The highest BCUT2D eigenvalue weighted by Crippen LogP contribution is 2.21. The maximum atomic E-state index is 12.1. The van der Waals surface area contributed by atoms with E-state index in [0.717, 1.165) is 21.1 Å².